The van der Waals surface area contributed by atoms with Crippen molar-refractivity contribution in [3.05, 3.63) is 53.7 Å². The fourth-order valence-corrected chi connectivity index (χ4v) is 2.49. The molecule has 0 unspecified atom stereocenters. The monoisotopic (exact) mass is 253 g/mol. The van der Waals surface area contributed by atoms with Gasteiger partial charge in [-0.05, 0) is 36.7 Å². The van der Waals surface area contributed by atoms with E-state index in [1.54, 1.807) is 0 Å². The van der Waals surface area contributed by atoms with Gasteiger partial charge in [-0.15, -0.1) is 0 Å². The van der Waals surface area contributed by atoms with Gasteiger partial charge in [0.1, 0.15) is 5.82 Å². The average molecular weight is 253 g/mol. The standard InChI is InChI=1S/C16H19N3/c1-19(14-5-3-2-4-6-14)16-8-7-13-9-11-17-12-10-15(13)18-16/h2-8,17H,9-12H2,1H3. The minimum absolute atomic E-state index is 1.02. The van der Waals surface area contributed by atoms with Gasteiger partial charge in [0.25, 0.3) is 0 Å². The largest absolute Gasteiger partial charge is 0.329 e. The molecule has 0 amide bonds. The van der Waals surface area contributed by atoms with Gasteiger partial charge in [0.15, 0.2) is 0 Å². The van der Waals surface area contributed by atoms with Crippen LogP contribution in [0, 0.1) is 0 Å². The van der Waals surface area contributed by atoms with Crippen LogP contribution in [-0.4, -0.2) is 25.1 Å². The van der Waals surface area contributed by atoms with Gasteiger partial charge in [-0.25, -0.2) is 4.98 Å². The van der Waals surface area contributed by atoms with Crippen LogP contribution in [0.4, 0.5) is 11.5 Å². The van der Waals surface area contributed by atoms with Crippen molar-refractivity contribution in [3.8, 4) is 0 Å². The third-order valence-electron chi connectivity index (χ3n) is 3.65. The molecule has 0 aliphatic carbocycles. The molecule has 0 bridgehead atoms. The van der Waals surface area contributed by atoms with Crippen LogP contribution in [0.3, 0.4) is 0 Å². The summed E-state index contributed by atoms with van der Waals surface area (Å²) in [4.78, 5) is 6.97. The SMILES string of the molecule is CN(c1ccccc1)c1ccc2c(n1)CCNCC2. The van der Waals surface area contributed by atoms with E-state index in [9.17, 15) is 0 Å². The summed E-state index contributed by atoms with van der Waals surface area (Å²) in [5.41, 5.74) is 3.79. The first kappa shape index (κ1) is 12.2. The lowest BCUT2D eigenvalue weighted by Crippen LogP contribution is -2.16. The minimum atomic E-state index is 1.02. The Morgan fingerprint density at radius 2 is 1.79 bits per heavy atom. The Labute approximate surface area is 114 Å². The van der Waals surface area contributed by atoms with E-state index in [1.165, 1.54) is 16.9 Å². The first-order valence-corrected chi connectivity index (χ1v) is 6.83. The van der Waals surface area contributed by atoms with E-state index in [4.69, 9.17) is 4.98 Å². The highest BCUT2D eigenvalue weighted by Gasteiger charge is 2.11. The van der Waals surface area contributed by atoms with Crippen LogP contribution < -0.4 is 10.2 Å². The molecule has 0 spiro atoms. The molecular formula is C16H19N3. The summed E-state index contributed by atoms with van der Waals surface area (Å²) in [7, 11) is 2.07. The molecule has 0 atom stereocenters. The highest BCUT2D eigenvalue weighted by atomic mass is 15.2. The van der Waals surface area contributed by atoms with Gasteiger partial charge in [-0.3, -0.25) is 0 Å². The maximum atomic E-state index is 4.84. The lowest BCUT2D eigenvalue weighted by Gasteiger charge is -2.19. The maximum absolute atomic E-state index is 4.84. The Morgan fingerprint density at radius 3 is 2.63 bits per heavy atom. The third kappa shape index (κ3) is 2.61. The molecule has 2 heterocycles. The van der Waals surface area contributed by atoms with Crippen LogP contribution in [-0.2, 0) is 12.8 Å². The van der Waals surface area contributed by atoms with Crippen molar-refractivity contribution >= 4 is 11.5 Å². The fraction of sp³-hybridized carbons (Fsp3) is 0.312. The highest BCUT2D eigenvalue weighted by Crippen LogP contribution is 2.23. The van der Waals surface area contributed by atoms with Gasteiger partial charge < -0.3 is 10.2 Å². The van der Waals surface area contributed by atoms with E-state index in [-0.39, 0.29) is 0 Å². The van der Waals surface area contributed by atoms with Crippen molar-refractivity contribution in [2.24, 2.45) is 0 Å². The Morgan fingerprint density at radius 1 is 1.00 bits per heavy atom. The normalized spacial score (nSPS) is 14.6. The van der Waals surface area contributed by atoms with Crippen LogP contribution in [0.15, 0.2) is 42.5 Å². The quantitative estimate of drug-likeness (QED) is 0.891. The Hall–Kier alpha value is -1.87. The Bertz CT molecular complexity index is 551. The highest BCUT2D eigenvalue weighted by molar-refractivity contribution is 5.59. The van der Waals surface area contributed by atoms with Crippen molar-refractivity contribution in [3.63, 3.8) is 0 Å². The molecule has 1 aromatic carbocycles. The number of nitrogens with one attached hydrogen (secondary N) is 1. The molecular weight excluding hydrogens is 234 g/mol. The molecule has 3 nitrogen and oxygen atoms in total. The molecule has 0 saturated carbocycles. The lowest BCUT2D eigenvalue weighted by molar-refractivity contribution is 0.708. The van der Waals surface area contributed by atoms with Crippen molar-refractivity contribution < 1.29 is 0 Å². The number of fused-ring (bicyclic) bond motifs is 1. The summed E-state index contributed by atoms with van der Waals surface area (Å²) in [5.74, 6) is 1.02. The van der Waals surface area contributed by atoms with Crippen LogP contribution in [0.2, 0.25) is 0 Å². The molecule has 1 aromatic heterocycles. The molecule has 0 saturated heterocycles. The summed E-state index contributed by atoms with van der Waals surface area (Å²) in [6.07, 6.45) is 2.10. The smallest absolute Gasteiger partial charge is 0.132 e. The molecule has 1 N–H and O–H groups in total. The zero-order valence-electron chi connectivity index (χ0n) is 11.3. The van der Waals surface area contributed by atoms with Crippen molar-refractivity contribution in [2.45, 2.75) is 12.8 Å². The number of hydrogen-bond donors (Lipinski definition) is 1. The lowest BCUT2D eigenvalue weighted by atomic mass is 10.1. The van der Waals surface area contributed by atoms with Gasteiger partial charge in [-0.1, -0.05) is 24.3 Å². The predicted molar refractivity (Wildman–Crippen MR) is 79.0 cm³/mol. The van der Waals surface area contributed by atoms with E-state index in [2.05, 4.69) is 53.7 Å². The summed E-state index contributed by atoms with van der Waals surface area (Å²) in [6.45, 7) is 2.08. The average Bonchev–Trinajstić information content (AvgIpc) is 2.72. The molecule has 3 rings (SSSR count). The van der Waals surface area contributed by atoms with Gasteiger partial charge in [0.2, 0.25) is 0 Å². The Balaban J connectivity index is 1.91. The first-order valence-electron chi connectivity index (χ1n) is 6.83. The molecule has 2 aromatic rings. The van der Waals surface area contributed by atoms with E-state index < -0.39 is 0 Å². The maximum Gasteiger partial charge on any atom is 0.132 e. The summed E-state index contributed by atoms with van der Waals surface area (Å²) < 4.78 is 0. The fourth-order valence-electron chi connectivity index (χ4n) is 2.49. The molecule has 1 aliphatic rings. The van der Waals surface area contributed by atoms with Crippen LogP contribution in [0.5, 0.6) is 0 Å². The Kier molecular flexibility index (Phi) is 3.47. The number of aromatic nitrogens is 1. The molecule has 0 radical (unpaired) electrons. The number of hydrogen-bond acceptors (Lipinski definition) is 3. The predicted octanol–water partition coefficient (Wildman–Crippen LogP) is 2.54. The number of nitrogens with zero attached hydrogens (tertiary/aromatic N) is 2. The van der Waals surface area contributed by atoms with Gasteiger partial charge >= 0.3 is 0 Å². The number of para-hydroxylation sites is 1. The van der Waals surface area contributed by atoms with Crippen LogP contribution in [0.25, 0.3) is 0 Å². The molecule has 98 valence electrons. The van der Waals surface area contributed by atoms with Gasteiger partial charge in [0, 0.05) is 31.4 Å². The number of benzene rings is 1. The summed E-state index contributed by atoms with van der Waals surface area (Å²) >= 11 is 0. The van der Waals surface area contributed by atoms with Crippen molar-refractivity contribution in [2.75, 3.05) is 25.0 Å². The minimum Gasteiger partial charge on any atom is -0.329 e. The summed E-state index contributed by atoms with van der Waals surface area (Å²) in [6, 6.07) is 14.7. The first-order chi connectivity index (χ1) is 9.34. The zero-order chi connectivity index (χ0) is 13.1. The second-order valence-corrected chi connectivity index (χ2v) is 4.92. The number of rotatable bonds is 2. The van der Waals surface area contributed by atoms with Crippen LogP contribution >= 0.6 is 0 Å². The number of anilines is 2. The second kappa shape index (κ2) is 5.41. The second-order valence-electron chi connectivity index (χ2n) is 4.92. The van der Waals surface area contributed by atoms with E-state index in [0.29, 0.717) is 0 Å². The molecule has 3 heteroatoms. The van der Waals surface area contributed by atoms with Crippen LogP contribution in [0.1, 0.15) is 11.3 Å². The van der Waals surface area contributed by atoms with Gasteiger partial charge in [-0.2, -0.15) is 0 Å². The molecule has 1 aliphatic heterocycles. The number of pyridine rings is 1. The van der Waals surface area contributed by atoms with Crippen molar-refractivity contribution in [1.82, 2.24) is 10.3 Å². The van der Waals surface area contributed by atoms with Crippen molar-refractivity contribution in [1.29, 1.82) is 0 Å². The van der Waals surface area contributed by atoms with Gasteiger partial charge in [0.05, 0.1) is 0 Å². The molecule has 19 heavy (non-hydrogen) atoms. The third-order valence-corrected chi connectivity index (χ3v) is 3.65. The van der Waals surface area contributed by atoms with E-state index in [0.717, 1.165) is 31.7 Å². The van der Waals surface area contributed by atoms with E-state index >= 15 is 0 Å². The summed E-state index contributed by atoms with van der Waals surface area (Å²) in [5, 5.41) is 3.42. The molecule has 0 fully saturated rings. The van der Waals surface area contributed by atoms with E-state index in [1.807, 2.05) is 6.07 Å². The topological polar surface area (TPSA) is 28.2 Å². The zero-order valence-corrected chi connectivity index (χ0v) is 11.3.